The molecule has 0 spiro atoms. The van der Waals surface area contributed by atoms with Crippen molar-refractivity contribution < 1.29 is 4.74 Å². The Morgan fingerprint density at radius 2 is 2.43 bits per heavy atom. The lowest BCUT2D eigenvalue weighted by Gasteiger charge is -2.07. The first-order valence-electron chi connectivity index (χ1n) is 4.11. The number of aryl methyl sites for hydroxylation is 1. The molecule has 0 aromatic carbocycles. The van der Waals surface area contributed by atoms with Crippen LogP contribution in [0.5, 0.6) is 0 Å². The summed E-state index contributed by atoms with van der Waals surface area (Å²) < 4.78 is 6.64. The summed E-state index contributed by atoms with van der Waals surface area (Å²) in [7, 11) is 3.23. The zero-order valence-corrected chi connectivity index (χ0v) is 9.67. The Kier molecular flexibility index (Phi) is 4.09. The van der Waals surface area contributed by atoms with E-state index in [0.29, 0.717) is 23.3 Å². The molecule has 0 radical (unpaired) electrons. The average molecular weight is 262 g/mol. The van der Waals surface area contributed by atoms with Gasteiger partial charge in [-0.1, -0.05) is 0 Å². The number of aromatic nitrogens is 2. The van der Waals surface area contributed by atoms with E-state index in [0.717, 1.165) is 0 Å². The average Bonchev–Trinajstić information content (AvgIpc) is 2.18. The quantitative estimate of drug-likeness (QED) is 0.807. The molecule has 0 atom stereocenters. The molecule has 5 nitrogen and oxygen atoms in total. The third-order valence-electron chi connectivity index (χ3n) is 1.70. The summed E-state index contributed by atoms with van der Waals surface area (Å²) in [6, 6.07) is 0. The van der Waals surface area contributed by atoms with Gasteiger partial charge >= 0.3 is 0 Å². The fourth-order valence-electron chi connectivity index (χ4n) is 0.922. The van der Waals surface area contributed by atoms with Crippen LogP contribution in [0.3, 0.4) is 0 Å². The summed E-state index contributed by atoms with van der Waals surface area (Å²) in [6.45, 7) is 1.23. The highest BCUT2D eigenvalue weighted by Crippen LogP contribution is 2.14. The molecule has 0 aliphatic heterocycles. The Hall–Kier alpha value is -0.880. The Bertz CT molecular complexity index is 364. The van der Waals surface area contributed by atoms with Gasteiger partial charge in [0, 0.05) is 20.7 Å². The number of methoxy groups -OCH3 is 1. The van der Waals surface area contributed by atoms with Crippen molar-refractivity contribution in [2.24, 2.45) is 7.05 Å². The lowest BCUT2D eigenvalue weighted by Crippen LogP contribution is -2.22. The Morgan fingerprint density at radius 1 is 1.71 bits per heavy atom. The van der Waals surface area contributed by atoms with E-state index in [1.165, 1.54) is 4.68 Å². The number of rotatable bonds is 4. The van der Waals surface area contributed by atoms with Gasteiger partial charge < -0.3 is 10.1 Å². The minimum absolute atomic E-state index is 0.160. The van der Waals surface area contributed by atoms with Gasteiger partial charge in [-0.3, -0.25) is 4.79 Å². The van der Waals surface area contributed by atoms with Crippen molar-refractivity contribution in [2.75, 3.05) is 25.6 Å². The zero-order chi connectivity index (χ0) is 10.6. The normalized spacial score (nSPS) is 10.2. The maximum absolute atomic E-state index is 11.4. The summed E-state index contributed by atoms with van der Waals surface area (Å²) in [6.07, 6.45) is 1.60. The second kappa shape index (κ2) is 5.11. The third kappa shape index (κ3) is 2.55. The highest BCUT2D eigenvalue weighted by molar-refractivity contribution is 9.10. The van der Waals surface area contributed by atoms with E-state index in [-0.39, 0.29) is 5.56 Å². The van der Waals surface area contributed by atoms with Gasteiger partial charge in [-0.15, -0.1) is 0 Å². The maximum Gasteiger partial charge on any atom is 0.282 e. The number of ether oxygens (including phenoxy) is 1. The van der Waals surface area contributed by atoms with Gasteiger partial charge in [-0.2, -0.15) is 5.10 Å². The van der Waals surface area contributed by atoms with E-state index in [9.17, 15) is 4.79 Å². The standard InChI is InChI=1S/C8H12BrN3O2/c1-12-8(13)7(9)6(5-11-12)10-3-4-14-2/h5,10H,3-4H2,1-2H3. The summed E-state index contributed by atoms with van der Waals surface area (Å²) in [5.41, 5.74) is 0.526. The predicted octanol–water partition coefficient (Wildman–Crippen LogP) is 0.601. The van der Waals surface area contributed by atoms with Gasteiger partial charge in [0.05, 0.1) is 18.5 Å². The molecule has 78 valence electrons. The van der Waals surface area contributed by atoms with Crippen molar-refractivity contribution in [3.05, 3.63) is 21.0 Å². The highest BCUT2D eigenvalue weighted by Gasteiger charge is 2.05. The monoisotopic (exact) mass is 261 g/mol. The predicted molar refractivity (Wildman–Crippen MR) is 57.5 cm³/mol. The van der Waals surface area contributed by atoms with Gasteiger partial charge in [-0.05, 0) is 15.9 Å². The largest absolute Gasteiger partial charge is 0.383 e. The molecule has 0 aliphatic rings. The molecule has 14 heavy (non-hydrogen) atoms. The summed E-state index contributed by atoms with van der Waals surface area (Å²) in [5.74, 6) is 0. The summed E-state index contributed by atoms with van der Waals surface area (Å²) >= 11 is 3.21. The molecule has 1 aromatic rings. The van der Waals surface area contributed by atoms with Crippen LogP contribution in [0.1, 0.15) is 0 Å². The topological polar surface area (TPSA) is 56.1 Å². The molecular formula is C8H12BrN3O2. The van der Waals surface area contributed by atoms with Gasteiger partial charge in [-0.25, -0.2) is 4.68 Å². The van der Waals surface area contributed by atoms with Gasteiger partial charge in [0.25, 0.3) is 5.56 Å². The first kappa shape index (κ1) is 11.2. The van der Waals surface area contributed by atoms with Crippen LogP contribution in [0.4, 0.5) is 5.69 Å². The lowest BCUT2D eigenvalue weighted by molar-refractivity contribution is 0.210. The fourth-order valence-corrected chi connectivity index (χ4v) is 1.42. The number of hydrogen-bond acceptors (Lipinski definition) is 4. The van der Waals surface area contributed by atoms with E-state index < -0.39 is 0 Å². The summed E-state index contributed by atoms with van der Waals surface area (Å²) in [4.78, 5) is 11.4. The second-order valence-electron chi connectivity index (χ2n) is 2.72. The smallest absolute Gasteiger partial charge is 0.282 e. The molecule has 1 rings (SSSR count). The SMILES string of the molecule is COCCNc1cnn(C)c(=O)c1Br. The number of halogens is 1. The van der Waals surface area contributed by atoms with Crippen molar-refractivity contribution in [3.8, 4) is 0 Å². The molecular weight excluding hydrogens is 250 g/mol. The van der Waals surface area contributed by atoms with Crippen molar-refractivity contribution in [3.63, 3.8) is 0 Å². The van der Waals surface area contributed by atoms with E-state index in [1.54, 1.807) is 20.4 Å². The van der Waals surface area contributed by atoms with E-state index in [2.05, 4.69) is 26.3 Å². The number of hydrogen-bond donors (Lipinski definition) is 1. The van der Waals surface area contributed by atoms with Crippen molar-refractivity contribution in [1.82, 2.24) is 9.78 Å². The lowest BCUT2D eigenvalue weighted by atomic mass is 10.4. The molecule has 0 unspecified atom stereocenters. The van der Waals surface area contributed by atoms with Crippen LogP contribution in [0.15, 0.2) is 15.5 Å². The number of nitrogens with zero attached hydrogens (tertiary/aromatic N) is 2. The highest BCUT2D eigenvalue weighted by atomic mass is 79.9. The molecule has 1 heterocycles. The van der Waals surface area contributed by atoms with E-state index in [1.807, 2.05) is 0 Å². The van der Waals surface area contributed by atoms with Gasteiger partial charge in [0.2, 0.25) is 0 Å². The maximum atomic E-state index is 11.4. The molecule has 0 fully saturated rings. The minimum Gasteiger partial charge on any atom is -0.383 e. The van der Waals surface area contributed by atoms with Crippen LogP contribution in [-0.2, 0) is 11.8 Å². The number of nitrogens with one attached hydrogen (secondary N) is 1. The van der Waals surface area contributed by atoms with Crippen molar-refractivity contribution >= 4 is 21.6 Å². The van der Waals surface area contributed by atoms with Crippen LogP contribution < -0.4 is 10.9 Å². The Labute approximate surface area is 90.2 Å². The first-order chi connectivity index (χ1) is 6.66. The van der Waals surface area contributed by atoms with Crippen LogP contribution >= 0.6 is 15.9 Å². The van der Waals surface area contributed by atoms with Crippen LogP contribution in [0, 0.1) is 0 Å². The molecule has 0 saturated heterocycles. The third-order valence-corrected chi connectivity index (χ3v) is 2.47. The molecule has 0 saturated carbocycles. The van der Waals surface area contributed by atoms with Gasteiger partial charge in [0.1, 0.15) is 4.47 Å². The van der Waals surface area contributed by atoms with Crippen molar-refractivity contribution in [2.45, 2.75) is 0 Å². The molecule has 0 bridgehead atoms. The second-order valence-corrected chi connectivity index (χ2v) is 3.51. The molecule has 1 N–H and O–H groups in total. The van der Waals surface area contributed by atoms with Crippen LogP contribution in [0.2, 0.25) is 0 Å². The minimum atomic E-state index is -0.160. The Morgan fingerprint density at radius 3 is 3.07 bits per heavy atom. The number of anilines is 1. The van der Waals surface area contributed by atoms with E-state index >= 15 is 0 Å². The van der Waals surface area contributed by atoms with Crippen LogP contribution in [-0.4, -0.2) is 30.0 Å². The van der Waals surface area contributed by atoms with Crippen molar-refractivity contribution in [1.29, 1.82) is 0 Å². The zero-order valence-electron chi connectivity index (χ0n) is 8.08. The fraction of sp³-hybridized carbons (Fsp3) is 0.500. The van der Waals surface area contributed by atoms with Crippen LogP contribution in [0.25, 0.3) is 0 Å². The molecule has 1 aromatic heterocycles. The Balaban J connectivity index is 2.79. The van der Waals surface area contributed by atoms with E-state index in [4.69, 9.17) is 4.74 Å². The molecule has 0 amide bonds. The molecule has 0 aliphatic carbocycles. The first-order valence-corrected chi connectivity index (χ1v) is 4.90. The molecule has 6 heteroatoms. The summed E-state index contributed by atoms with van der Waals surface area (Å²) in [5, 5.41) is 6.92. The van der Waals surface area contributed by atoms with Gasteiger partial charge in [0.15, 0.2) is 0 Å².